The van der Waals surface area contributed by atoms with Gasteiger partial charge in [0.05, 0.1) is 7.11 Å². The molecule has 2 fully saturated rings. The largest absolute Gasteiger partial charge is 0.497 e. The van der Waals surface area contributed by atoms with E-state index in [0.29, 0.717) is 0 Å². The van der Waals surface area contributed by atoms with Crippen molar-refractivity contribution in [1.29, 1.82) is 0 Å². The van der Waals surface area contributed by atoms with Gasteiger partial charge >= 0.3 is 0 Å². The quantitative estimate of drug-likeness (QED) is 0.254. The normalized spacial score (nSPS) is 18.8. The second-order valence-electron chi connectivity index (χ2n) is 8.38. The highest BCUT2D eigenvalue weighted by molar-refractivity contribution is 14.0. The summed E-state index contributed by atoms with van der Waals surface area (Å²) in [4.78, 5) is 12.0. The minimum absolute atomic E-state index is 0. The Kier molecular flexibility index (Phi) is 11.1. The van der Waals surface area contributed by atoms with Gasteiger partial charge in [-0.05, 0) is 75.5 Å². The number of nitrogens with one attached hydrogen (secondary N) is 1. The number of ether oxygens (including phenoxy) is 1. The van der Waals surface area contributed by atoms with Gasteiger partial charge in [0.2, 0.25) is 0 Å². The van der Waals surface area contributed by atoms with Crippen LogP contribution >= 0.6 is 24.0 Å². The highest BCUT2D eigenvalue weighted by Gasteiger charge is 2.20. The standard InChI is InChI=1S/C23H39N5O.HI/c1-20-10-14-26(15-11-20)13-5-4-12-25-23(24-2)28-18-16-27(17-19-28)21-6-8-22(29-3)9-7-21;/h6-9,20H,4-5,10-19H2,1-3H3,(H,24,25);1H. The molecule has 1 N–H and O–H groups in total. The number of piperidine rings is 1. The smallest absolute Gasteiger partial charge is 0.193 e. The molecule has 0 radical (unpaired) electrons. The van der Waals surface area contributed by atoms with E-state index in [1.807, 2.05) is 19.2 Å². The zero-order chi connectivity index (χ0) is 20.5. The Morgan fingerprint density at radius 2 is 1.70 bits per heavy atom. The van der Waals surface area contributed by atoms with Gasteiger partial charge in [0.1, 0.15) is 5.75 Å². The predicted molar refractivity (Wildman–Crippen MR) is 138 cm³/mol. The second kappa shape index (κ2) is 13.2. The Morgan fingerprint density at radius 3 is 2.30 bits per heavy atom. The number of methoxy groups -OCH3 is 1. The van der Waals surface area contributed by atoms with Crippen LogP contribution in [0, 0.1) is 5.92 Å². The summed E-state index contributed by atoms with van der Waals surface area (Å²) < 4.78 is 5.26. The average Bonchev–Trinajstić information content (AvgIpc) is 2.78. The monoisotopic (exact) mass is 529 g/mol. The lowest BCUT2D eigenvalue weighted by Crippen LogP contribution is -2.52. The first kappa shape index (κ1) is 25.0. The Hall–Kier alpha value is -1.22. The first-order chi connectivity index (χ1) is 14.2. The van der Waals surface area contributed by atoms with Crippen LogP contribution in [-0.2, 0) is 0 Å². The number of hydrogen-bond donors (Lipinski definition) is 1. The van der Waals surface area contributed by atoms with E-state index in [9.17, 15) is 0 Å². The number of anilines is 1. The molecule has 2 aliphatic rings. The van der Waals surface area contributed by atoms with Crippen LogP contribution < -0.4 is 15.0 Å². The fourth-order valence-electron chi connectivity index (χ4n) is 4.25. The summed E-state index contributed by atoms with van der Waals surface area (Å²) in [6.07, 6.45) is 5.21. The lowest BCUT2D eigenvalue weighted by atomic mass is 9.99. The highest BCUT2D eigenvalue weighted by Crippen LogP contribution is 2.20. The first-order valence-corrected chi connectivity index (χ1v) is 11.3. The maximum Gasteiger partial charge on any atom is 0.193 e. The maximum absolute atomic E-state index is 5.26. The van der Waals surface area contributed by atoms with Crippen molar-refractivity contribution in [2.45, 2.75) is 32.6 Å². The number of rotatable bonds is 7. The van der Waals surface area contributed by atoms with Gasteiger partial charge in [-0.2, -0.15) is 0 Å². The van der Waals surface area contributed by atoms with Crippen molar-refractivity contribution in [3.8, 4) is 5.75 Å². The average molecular weight is 530 g/mol. The van der Waals surface area contributed by atoms with Gasteiger partial charge in [0.15, 0.2) is 5.96 Å². The number of nitrogens with zero attached hydrogens (tertiary/aromatic N) is 4. The molecule has 0 saturated carbocycles. The van der Waals surface area contributed by atoms with Crippen LogP contribution in [0.2, 0.25) is 0 Å². The van der Waals surface area contributed by atoms with Crippen molar-refractivity contribution in [2.24, 2.45) is 10.9 Å². The summed E-state index contributed by atoms with van der Waals surface area (Å²) in [7, 11) is 3.60. The van der Waals surface area contributed by atoms with Crippen LogP contribution in [0.25, 0.3) is 0 Å². The summed E-state index contributed by atoms with van der Waals surface area (Å²) >= 11 is 0. The van der Waals surface area contributed by atoms with E-state index in [2.05, 4.69) is 44.1 Å². The molecule has 0 atom stereocenters. The van der Waals surface area contributed by atoms with Gasteiger partial charge in [0.25, 0.3) is 0 Å². The SMILES string of the molecule is CN=C(NCCCCN1CCC(C)CC1)N1CCN(c2ccc(OC)cc2)CC1.I. The van der Waals surface area contributed by atoms with E-state index in [-0.39, 0.29) is 24.0 Å². The molecule has 0 spiro atoms. The Labute approximate surface area is 200 Å². The summed E-state index contributed by atoms with van der Waals surface area (Å²) in [6, 6.07) is 8.36. The first-order valence-electron chi connectivity index (χ1n) is 11.3. The molecule has 6 nitrogen and oxygen atoms in total. The lowest BCUT2D eigenvalue weighted by molar-refractivity contribution is 0.189. The van der Waals surface area contributed by atoms with Gasteiger partial charge in [0, 0.05) is 45.5 Å². The van der Waals surface area contributed by atoms with E-state index in [4.69, 9.17) is 4.74 Å². The maximum atomic E-state index is 5.26. The van der Waals surface area contributed by atoms with Crippen molar-refractivity contribution in [1.82, 2.24) is 15.1 Å². The third kappa shape index (κ3) is 7.48. The lowest BCUT2D eigenvalue weighted by Gasteiger charge is -2.37. The van der Waals surface area contributed by atoms with Crippen molar-refractivity contribution >= 4 is 35.6 Å². The number of benzene rings is 1. The number of guanidine groups is 1. The molecule has 2 aliphatic heterocycles. The number of halogens is 1. The van der Waals surface area contributed by atoms with Crippen LogP contribution in [0.4, 0.5) is 5.69 Å². The van der Waals surface area contributed by atoms with E-state index >= 15 is 0 Å². The van der Waals surface area contributed by atoms with Gasteiger partial charge in [-0.3, -0.25) is 4.99 Å². The fraction of sp³-hybridized carbons (Fsp3) is 0.696. The minimum Gasteiger partial charge on any atom is -0.497 e. The van der Waals surface area contributed by atoms with E-state index in [1.54, 1.807) is 7.11 Å². The molecule has 0 aliphatic carbocycles. The van der Waals surface area contributed by atoms with Crippen LogP contribution in [-0.4, -0.2) is 82.3 Å². The number of likely N-dealkylation sites (tertiary alicyclic amines) is 1. The molecule has 2 heterocycles. The molecule has 30 heavy (non-hydrogen) atoms. The van der Waals surface area contributed by atoms with Crippen molar-refractivity contribution < 1.29 is 4.74 Å². The van der Waals surface area contributed by atoms with Gasteiger partial charge < -0.3 is 24.8 Å². The zero-order valence-corrected chi connectivity index (χ0v) is 21.3. The summed E-state index contributed by atoms with van der Waals surface area (Å²) in [5, 5.41) is 3.58. The third-order valence-electron chi connectivity index (χ3n) is 6.29. The van der Waals surface area contributed by atoms with E-state index in [0.717, 1.165) is 50.4 Å². The molecule has 0 aromatic heterocycles. The molecule has 7 heteroatoms. The van der Waals surface area contributed by atoms with Crippen LogP contribution in [0.5, 0.6) is 5.75 Å². The summed E-state index contributed by atoms with van der Waals surface area (Å²) in [6.45, 7) is 11.2. The van der Waals surface area contributed by atoms with Crippen LogP contribution in [0.15, 0.2) is 29.3 Å². The Morgan fingerprint density at radius 1 is 1.03 bits per heavy atom. The number of aliphatic imine (C=N–C) groups is 1. The molecule has 0 unspecified atom stereocenters. The van der Waals surface area contributed by atoms with Gasteiger partial charge in [-0.25, -0.2) is 0 Å². The molecule has 0 amide bonds. The molecule has 2 saturated heterocycles. The molecular formula is C23H40IN5O. The van der Waals surface area contributed by atoms with Crippen LogP contribution in [0.3, 0.4) is 0 Å². The molecule has 3 rings (SSSR count). The highest BCUT2D eigenvalue weighted by atomic mass is 127. The third-order valence-corrected chi connectivity index (χ3v) is 6.29. The molecule has 0 bridgehead atoms. The van der Waals surface area contributed by atoms with E-state index < -0.39 is 0 Å². The van der Waals surface area contributed by atoms with E-state index in [1.165, 1.54) is 51.0 Å². The topological polar surface area (TPSA) is 43.3 Å². The van der Waals surface area contributed by atoms with Gasteiger partial charge in [-0.15, -0.1) is 24.0 Å². The predicted octanol–water partition coefficient (Wildman–Crippen LogP) is 3.52. The Balaban J connectivity index is 0.00000320. The van der Waals surface area contributed by atoms with Gasteiger partial charge in [-0.1, -0.05) is 6.92 Å². The Bertz CT molecular complexity index is 623. The summed E-state index contributed by atoms with van der Waals surface area (Å²) in [5.41, 5.74) is 1.26. The van der Waals surface area contributed by atoms with Crippen molar-refractivity contribution in [3.05, 3.63) is 24.3 Å². The van der Waals surface area contributed by atoms with Crippen LogP contribution in [0.1, 0.15) is 32.6 Å². The van der Waals surface area contributed by atoms with Crippen molar-refractivity contribution in [2.75, 3.05) is 71.4 Å². The minimum atomic E-state index is 0. The fourth-order valence-corrected chi connectivity index (χ4v) is 4.25. The summed E-state index contributed by atoms with van der Waals surface area (Å²) in [5.74, 6) is 2.87. The molecule has 1 aromatic rings. The second-order valence-corrected chi connectivity index (χ2v) is 8.38. The molecular weight excluding hydrogens is 489 g/mol. The number of unbranched alkanes of at least 4 members (excludes halogenated alkanes) is 1. The zero-order valence-electron chi connectivity index (χ0n) is 19.0. The number of piperazine rings is 1. The number of hydrogen-bond acceptors (Lipinski definition) is 4. The molecule has 1 aromatic carbocycles. The molecule has 170 valence electrons. The van der Waals surface area contributed by atoms with Crippen molar-refractivity contribution in [3.63, 3.8) is 0 Å².